The molecule has 0 radical (unpaired) electrons. The van der Waals surface area contributed by atoms with Crippen LogP contribution in [0.2, 0.25) is 0 Å². The Bertz CT molecular complexity index is 601. The predicted octanol–water partition coefficient (Wildman–Crippen LogP) is 2.60. The van der Waals surface area contributed by atoms with Gasteiger partial charge in [0.05, 0.1) is 11.1 Å². The number of benzene rings is 1. The van der Waals surface area contributed by atoms with Crippen LogP contribution in [0.1, 0.15) is 12.8 Å². The lowest BCUT2D eigenvalue weighted by Crippen LogP contribution is -2.38. The zero-order valence-electron chi connectivity index (χ0n) is 10.3. The molecule has 0 bridgehead atoms. The quantitative estimate of drug-likeness (QED) is 0.922. The number of thiophene rings is 1. The normalized spacial score (nSPS) is 16.8. The Morgan fingerprint density at radius 1 is 1.44 bits per heavy atom. The van der Waals surface area contributed by atoms with Gasteiger partial charge >= 0.3 is 0 Å². The van der Waals surface area contributed by atoms with Crippen LogP contribution in [0.25, 0.3) is 10.1 Å². The Hall–Kier alpha value is -1.39. The average Bonchev–Trinajstić information content (AvgIpc) is 3.10. The SMILES string of the molecule is CN(C(=O)C1(CN)CC1)c1csc2ccccc12. The number of carbonyl (C=O) groups excluding carboxylic acids is 1. The van der Waals surface area contributed by atoms with Crippen molar-refractivity contribution in [2.75, 3.05) is 18.5 Å². The summed E-state index contributed by atoms with van der Waals surface area (Å²) in [5.74, 6) is 0.161. The lowest BCUT2D eigenvalue weighted by atomic mass is 10.1. The van der Waals surface area contributed by atoms with Gasteiger partial charge in [0.1, 0.15) is 0 Å². The highest BCUT2D eigenvalue weighted by atomic mass is 32.1. The van der Waals surface area contributed by atoms with Crippen LogP contribution in [0.15, 0.2) is 29.6 Å². The molecule has 1 aromatic heterocycles. The summed E-state index contributed by atoms with van der Waals surface area (Å²) >= 11 is 1.67. The summed E-state index contributed by atoms with van der Waals surface area (Å²) in [5, 5.41) is 3.20. The Morgan fingerprint density at radius 3 is 2.83 bits per heavy atom. The van der Waals surface area contributed by atoms with Crippen molar-refractivity contribution in [2.45, 2.75) is 12.8 Å². The van der Waals surface area contributed by atoms with Crippen molar-refractivity contribution < 1.29 is 4.79 Å². The van der Waals surface area contributed by atoms with Gasteiger partial charge in [0.2, 0.25) is 5.91 Å². The molecule has 94 valence electrons. The minimum atomic E-state index is -0.280. The highest BCUT2D eigenvalue weighted by Gasteiger charge is 2.50. The van der Waals surface area contributed by atoms with Gasteiger partial charge in [-0.3, -0.25) is 4.79 Å². The molecule has 0 spiro atoms. The highest BCUT2D eigenvalue weighted by Crippen LogP contribution is 2.47. The van der Waals surface area contributed by atoms with E-state index in [4.69, 9.17) is 5.73 Å². The maximum absolute atomic E-state index is 12.5. The first kappa shape index (κ1) is 11.7. The lowest BCUT2D eigenvalue weighted by Gasteiger charge is -2.22. The van der Waals surface area contributed by atoms with Crippen LogP contribution in [-0.2, 0) is 4.79 Å². The van der Waals surface area contributed by atoms with Gasteiger partial charge in [0.25, 0.3) is 0 Å². The number of anilines is 1. The fourth-order valence-corrected chi connectivity index (χ4v) is 3.33. The Kier molecular flexibility index (Phi) is 2.64. The molecule has 0 saturated heterocycles. The van der Waals surface area contributed by atoms with Gasteiger partial charge in [-0.2, -0.15) is 0 Å². The van der Waals surface area contributed by atoms with Crippen molar-refractivity contribution in [1.29, 1.82) is 0 Å². The Morgan fingerprint density at radius 2 is 2.17 bits per heavy atom. The van der Waals surface area contributed by atoms with Crippen molar-refractivity contribution in [3.8, 4) is 0 Å². The molecule has 1 aliphatic rings. The molecular weight excluding hydrogens is 244 g/mol. The van der Waals surface area contributed by atoms with E-state index in [1.807, 2.05) is 19.2 Å². The summed E-state index contributed by atoms with van der Waals surface area (Å²) < 4.78 is 1.21. The number of nitrogens with two attached hydrogens (primary N) is 1. The second-order valence-corrected chi connectivity index (χ2v) is 5.88. The molecule has 1 fully saturated rings. The van der Waals surface area contributed by atoms with Crippen LogP contribution in [0.3, 0.4) is 0 Å². The predicted molar refractivity (Wildman–Crippen MR) is 76.0 cm³/mol. The molecule has 1 aromatic carbocycles. The van der Waals surface area contributed by atoms with E-state index in [-0.39, 0.29) is 11.3 Å². The molecule has 1 saturated carbocycles. The minimum Gasteiger partial charge on any atom is -0.329 e. The molecule has 18 heavy (non-hydrogen) atoms. The van der Waals surface area contributed by atoms with E-state index in [2.05, 4.69) is 17.5 Å². The molecule has 0 atom stereocenters. The number of fused-ring (bicyclic) bond motifs is 1. The third-order valence-electron chi connectivity index (χ3n) is 3.82. The van der Waals surface area contributed by atoms with E-state index >= 15 is 0 Å². The Balaban J connectivity index is 1.97. The van der Waals surface area contributed by atoms with Crippen molar-refractivity contribution >= 4 is 33.0 Å². The van der Waals surface area contributed by atoms with Crippen LogP contribution in [-0.4, -0.2) is 19.5 Å². The molecule has 3 rings (SSSR count). The molecule has 1 aliphatic carbocycles. The Labute approximate surface area is 110 Å². The molecule has 0 aliphatic heterocycles. The summed E-state index contributed by atoms with van der Waals surface area (Å²) in [7, 11) is 1.85. The van der Waals surface area contributed by atoms with Crippen molar-refractivity contribution in [3.05, 3.63) is 29.6 Å². The fourth-order valence-electron chi connectivity index (χ4n) is 2.34. The number of amides is 1. The first-order valence-electron chi connectivity index (χ1n) is 6.12. The first-order valence-corrected chi connectivity index (χ1v) is 7.00. The average molecular weight is 260 g/mol. The number of hydrogen-bond donors (Lipinski definition) is 1. The third-order valence-corrected chi connectivity index (χ3v) is 4.78. The summed E-state index contributed by atoms with van der Waals surface area (Å²) in [6.07, 6.45) is 1.85. The molecule has 0 unspecified atom stereocenters. The van der Waals surface area contributed by atoms with Crippen molar-refractivity contribution in [2.24, 2.45) is 11.1 Å². The van der Waals surface area contributed by atoms with E-state index in [9.17, 15) is 4.79 Å². The summed E-state index contributed by atoms with van der Waals surface area (Å²) in [4.78, 5) is 14.2. The van der Waals surface area contributed by atoms with Crippen LogP contribution in [0, 0.1) is 5.41 Å². The van der Waals surface area contributed by atoms with Gasteiger partial charge in [-0.25, -0.2) is 0 Å². The minimum absolute atomic E-state index is 0.161. The number of nitrogens with zero attached hydrogens (tertiary/aromatic N) is 1. The van der Waals surface area contributed by atoms with Crippen molar-refractivity contribution in [3.63, 3.8) is 0 Å². The molecule has 2 N–H and O–H groups in total. The van der Waals surface area contributed by atoms with Crippen molar-refractivity contribution in [1.82, 2.24) is 0 Å². The number of rotatable bonds is 3. The number of hydrogen-bond acceptors (Lipinski definition) is 3. The molecular formula is C14H16N2OS. The maximum atomic E-state index is 12.5. The summed E-state index contributed by atoms with van der Waals surface area (Å²) in [6, 6.07) is 8.17. The van der Waals surface area contributed by atoms with Crippen LogP contribution < -0.4 is 10.6 Å². The largest absolute Gasteiger partial charge is 0.329 e. The smallest absolute Gasteiger partial charge is 0.234 e. The van der Waals surface area contributed by atoms with Crippen LogP contribution in [0.4, 0.5) is 5.69 Å². The van der Waals surface area contributed by atoms with E-state index in [0.29, 0.717) is 6.54 Å². The van der Waals surface area contributed by atoms with Gasteiger partial charge in [-0.15, -0.1) is 11.3 Å². The zero-order valence-corrected chi connectivity index (χ0v) is 11.2. The van der Waals surface area contributed by atoms with Gasteiger partial charge in [0, 0.05) is 29.1 Å². The standard InChI is InChI=1S/C14H16N2OS/c1-16(13(17)14(9-15)6-7-14)11-8-18-12-5-3-2-4-10(11)12/h2-5,8H,6-7,9,15H2,1H3. The van der Waals surface area contributed by atoms with Gasteiger partial charge in [-0.1, -0.05) is 18.2 Å². The molecule has 1 amide bonds. The topological polar surface area (TPSA) is 46.3 Å². The van der Waals surface area contributed by atoms with Gasteiger partial charge < -0.3 is 10.6 Å². The second kappa shape index (κ2) is 4.07. The van der Waals surface area contributed by atoms with E-state index in [0.717, 1.165) is 23.9 Å². The monoisotopic (exact) mass is 260 g/mol. The zero-order chi connectivity index (χ0) is 12.8. The van der Waals surface area contributed by atoms with Crippen LogP contribution >= 0.6 is 11.3 Å². The number of carbonyl (C=O) groups is 1. The lowest BCUT2D eigenvalue weighted by molar-refractivity contribution is -0.123. The van der Waals surface area contributed by atoms with E-state index in [1.54, 1.807) is 16.2 Å². The fraction of sp³-hybridized carbons (Fsp3) is 0.357. The molecule has 3 nitrogen and oxygen atoms in total. The van der Waals surface area contributed by atoms with E-state index < -0.39 is 0 Å². The summed E-state index contributed by atoms with van der Waals surface area (Å²) in [6.45, 7) is 0.457. The molecule has 4 heteroatoms. The maximum Gasteiger partial charge on any atom is 0.234 e. The van der Waals surface area contributed by atoms with E-state index in [1.165, 1.54) is 4.70 Å². The first-order chi connectivity index (χ1) is 8.68. The third kappa shape index (κ3) is 1.64. The summed E-state index contributed by atoms with van der Waals surface area (Å²) in [5.41, 5.74) is 6.45. The second-order valence-electron chi connectivity index (χ2n) is 4.97. The van der Waals surface area contributed by atoms with Gasteiger partial charge in [0.15, 0.2) is 0 Å². The van der Waals surface area contributed by atoms with Gasteiger partial charge in [-0.05, 0) is 18.9 Å². The molecule has 2 aromatic rings. The van der Waals surface area contributed by atoms with Crippen LogP contribution in [0.5, 0.6) is 0 Å². The molecule has 1 heterocycles. The highest BCUT2D eigenvalue weighted by molar-refractivity contribution is 7.17.